The minimum Gasteiger partial charge on any atom is -0.377 e. The van der Waals surface area contributed by atoms with E-state index < -0.39 is 0 Å². The molecule has 1 aromatic heterocycles. The number of nitrogens with zero attached hydrogens (tertiary/aromatic N) is 4. The van der Waals surface area contributed by atoms with Crippen molar-refractivity contribution in [1.29, 1.82) is 0 Å². The van der Waals surface area contributed by atoms with Gasteiger partial charge in [0, 0.05) is 31.9 Å². The summed E-state index contributed by atoms with van der Waals surface area (Å²) in [5.41, 5.74) is 0.984. The monoisotopic (exact) mass is 253 g/mol. The van der Waals surface area contributed by atoms with Crippen LogP contribution in [0, 0.1) is 0 Å². The number of hydrogen-bond acceptors (Lipinski definition) is 5. The van der Waals surface area contributed by atoms with E-state index in [-0.39, 0.29) is 0 Å². The van der Waals surface area contributed by atoms with Gasteiger partial charge in [0.15, 0.2) is 0 Å². The first-order chi connectivity index (χ1) is 8.70. The molecule has 1 fully saturated rings. The molecule has 0 amide bonds. The minimum absolute atomic E-state index is 0.339. The third-order valence-electron chi connectivity index (χ3n) is 3.53. The Hall–Kier alpha value is -0.980. The summed E-state index contributed by atoms with van der Waals surface area (Å²) in [6.45, 7) is 5.64. The van der Waals surface area contributed by atoms with Crippen molar-refractivity contribution in [3.63, 3.8) is 0 Å². The van der Waals surface area contributed by atoms with Crippen LogP contribution in [0.25, 0.3) is 0 Å². The highest BCUT2D eigenvalue weighted by Crippen LogP contribution is 2.17. The molecule has 2 unspecified atom stereocenters. The summed E-state index contributed by atoms with van der Waals surface area (Å²) in [4.78, 5) is 2.36. The van der Waals surface area contributed by atoms with Crippen LogP contribution in [0.15, 0.2) is 6.20 Å². The zero-order valence-corrected chi connectivity index (χ0v) is 11.5. The second-order valence-electron chi connectivity index (χ2n) is 4.92. The maximum Gasteiger partial charge on any atom is 0.0964 e. The summed E-state index contributed by atoms with van der Waals surface area (Å²) in [6.07, 6.45) is 3.46. The average molecular weight is 253 g/mol. The maximum atomic E-state index is 5.59. The molecule has 0 saturated carbocycles. The molecule has 1 aliphatic rings. The SMILES string of the molecule is CNCc1cn(CCN(C)C2CCOC2C)nn1. The molecule has 2 atom stereocenters. The van der Waals surface area contributed by atoms with E-state index in [9.17, 15) is 0 Å². The van der Waals surface area contributed by atoms with Crippen LogP contribution < -0.4 is 5.32 Å². The van der Waals surface area contributed by atoms with Gasteiger partial charge >= 0.3 is 0 Å². The van der Waals surface area contributed by atoms with Gasteiger partial charge in [0.25, 0.3) is 0 Å². The molecular weight excluding hydrogens is 230 g/mol. The summed E-state index contributed by atoms with van der Waals surface area (Å²) >= 11 is 0. The van der Waals surface area contributed by atoms with Crippen molar-refractivity contribution < 1.29 is 4.74 Å². The van der Waals surface area contributed by atoms with E-state index in [1.807, 2.05) is 17.9 Å². The number of rotatable bonds is 6. The van der Waals surface area contributed by atoms with Gasteiger partial charge in [-0.2, -0.15) is 0 Å². The predicted molar refractivity (Wildman–Crippen MR) is 69.2 cm³/mol. The zero-order valence-electron chi connectivity index (χ0n) is 11.5. The minimum atomic E-state index is 0.339. The number of likely N-dealkylation sites (N-methyl/N-ethyl adjacent to an activating group) is 1. The number of nitrogens with one attached hydrogen (secondary N) is 1. The summed E-state index contributed by atoms with van der Waals surface area (Å²) in [5, 5.41) is 11.3. The van der Waals surface area contributed by atoms with E-state index in [1.165, 1.54) is 0 Å². The van der Waals surface area contributed by atoms with Gasteiger partial charge in [0.1, 0.15) is 0 Å². The van der Waals surface area contributed by atoms with Crippen molar-refractivity contribution in [3.05, 3.63) is 11.9 Å². The Morgan fingerprint density at radius 3 is 3.11 bits per heavy atom. The number of hydrogen-bond donors (Lipinski definition) is 1. The molecule has 0 bridgehead atoms. The van der Waals surface area contributed by atoms with Crippen LogP contribution in [0.3, 0.4) is 0 Å². The van der Waals surface area contributed by atoms with Gasteiger partial charge in [-0.15, -0.1) is 5.10 Å². The molecule has 0 spiro atoms. The lowest BCUT2D eigenvalue weighted by Gasteiger charge is -2.26. The lowest BCUT2D eigenvalue weighted by Crippen LogP contribution is -2.38. The van der Waals surface area contributed by atoms with Crippen LogP contribution >= 0.6 is 0 Å². The molecule has 2 heterocycles. The molecule has 1 N–H and O–H groups in total. The topological polar surface area (TPSA) is 55.2 Å². The average Bonchev–Trinajstić information content (AvgIpc) is 2.96. The zero-order chi connectivity index (χ0) is 13.0. The second-order valence-corrected chi connectivity index (χ2v) is 4.92. The van der Waals surface area contributed by atoms with Crippen molar-refractivity contribution in [1.82, 2.24) is 25.2 Å². The fourth-order valence-corrected chi connectivity index (χ4v) is 2.44. The van der Waals surface area contributed by atoms with E-state index in [1.54, 1.807) is 0 Å². The fourth-order valence-electron chi connectivity index (χ4n) is 2.44. The molecule has 0 radical (unpaired) electrons. The van der Waals surface area contributed by atoms with Crippen LogP contribution in [0.5, 0.6) is 0 Å². The van der Waals surface area contributed by atoms with Gasteiger partial charge in [0.2, 0.25) is 0 Å². The Kier molecular flexibility index (Phi) is 4.68. The van der Waals surface area contributed by atoms with Crippen molar-refractivity contribution in [2.75, 3.05) is 27.2 Å². The fraction of sp³-hybridized carbons (Fsp3) is 0.833. The third kappa shape index (κ3) is 3.28. The lowest BCUT2D eigenvalue weighted by molar-refractivity contribution is 0.0822. The van der Waals surface area contributed by atoms with E-state index in [2.05, 4.69) is 34.5 Å². The number of aromatic nitrogens is 3. The Labute approximate surface area is 108 Å². The molecule has 2 rings (SSSR count). The molecule has 18 heavy (non-hydrogen) atoms. The molecule has 1 aromatic rings. The summed E-state index contributed by atoms with van der Waals surface area (Å²) in [6, 6.07) is 0.533. The Balaban J connectivity index is 1.79. The van der Waals surface area contributed by atoms with E-state index in [4.69, 9.17) is 4.74 Å². The van der Waals surface area contributed by atoms with E-state index in [0.717, 1.165) is 38.4 Å². The second kappa shape index (κ2) is 6.26. The quantitative estimate of drug-likeness (QED) is 0.779. The van der Waals surface area contributed by atoms with Gasteiger partial charge in [-0.3, -0.25) is 9.58 Å². The highest BCUT2D eigenvalue weighted by Gasteiger charge is 2.27. The van der Waals surface area contributed by atoms with E-state index >= 15 is 0 Å². The molecule has 1 saturated heterocycles. The first-order valence-electron chi connectivity index (χ1n) is 6.56. The molecular formula is C12H23N5O. The van der Waals surface area contributed by atoms with Crippen LogP contribution in [0.1, 0.15) is 19.0 Å². The van der Waals surface area contributed by atoms with Crippen molar-refractivity contribution >= 4 is 0 Å². The highest BCUT2D eigenvalue weighted by molar-refractivity contribution is 4.91. The first-order valence-corrected chi connectivity index (χ1v) is 6.56. The Morgan fingerprint density at radius 1 is 1.61 bits per heavy atom. The standard InChI is InChI=1S/C12H23N5O/c1-10-12(4-7-18-10)16(3)5-6-17-9-11(8-13-2)14-15-17/h9-10,12-13H,4-8H2,1-3H3. The van der Waals surface area contributed by atoms with Crippen molar-refractivity contribution in [2.24, 2.45) is 0 Å². The molecule has 0 aromatic carbocycles. The summed E-state index contributed by atoms with van der Waals surface area (Å²) in [5.74, 6) is 0. The largest absolute Gasteiger partial charge is 0.377 e. The van der Waals surface area contributed by atoms with Gasteiger partial charge in [0.05, 0.1) is 18.3 Å². The van der Waals surface area contributed by atoms with Crippen molar-refractivity contribution in [2.45, 2.75) is 38.6 Å². The normalized spacial score (nSPS) is 24.0. The maximum absolute atomic E-state index is 5.59. The number of ether oxygens (including phenoxy) is 1. The van der Waals surface area contributed by atoms with Gasteiger partial charge in [-0.05, 0) is 27.4 Å². The third-order valence-corrected chi connectivity index (χ3v) is 3.53. The Morgan fingerprint density at radius 2 is 2.44 bits per heavy atom. The van der Waals surface area contributed by atoms with Gasteiger partial charge in [-0.25, -0.2) is 0 Å². The summed E-state index contributed by atoms with van der Waals surface area (Å²) < 4.78 is 7.50. The van der Waals surface area contributed by atoms with Crippen LogP contribution in [-0.4, -0.2) is 59.3 Å². The van der Waals surface area contributed by atoms with Crippen molar-refractivity contribution in [3.8, 4) is 0 Å². The van der Waals surface area contributed by atoms with E-state index in [0.29, 0.717) is 12.1 Å². The molecule has 6 nitrogen and oxygen atoms in total. The molecule has 0 aliphatic carbocycles. The predicted octanol–water partition coefficient (Wildman–Crippen LogP) is 0.107. The highest BCUT2D eigenvalue weighted by atomic mass is 16.5. The first kappa shape index (κ1) is 13.5. The summed E-state index contributed by atoms with van der Waals surface area (Å²) in [7, 11) is 4.07. The lowest BCUT2D eigenvalue weighted by atomic mass is 10.1. The molecule has 6 heteroatoms. The molecule has 1 aliphatic heterocycles. The van der Waals surface area contributed by atoms with Crippen LogP contribution in [0.4, 0.5) is 0 Å². The van der Waals surface area contributed by atoms with Gasteiger partial charge in [-0.1, -0.05) is 5.21 Å². The Bertz CT molecular complexity index is 367. The van der Waals surface area contributed by atoms with Crippen LogP contribution in [-0.2, 0) is 17.8 Å². The molecule has 102 valence electrons. The van der Waals surface area contributed by atoms with Gasteiger partial charge < -0.3 is 10.1 Å². The van der Waals surface area contributed by atoms with Crippen LogP contribution in [0.2, 0.25) is 0 Å². The smallest absolute Gasteiger partial charge is 0.0964 e.